The summed E-state index contributed by atoms with van der Waals surface area (Å²) in [5, 5.41) is 19.7. The fourth-order valence-corrected chi connectivity index (χ4v) is 2.47. The molecule has 0 saturated carbocycles. The Balaban J connectivity index is 2.06. The number of anilines is 1. The van der Waals surface area contributed by atoms with Crippen molar-refractivity contribution in [3.8, 4) is 11.3 Å². The third-order valence-electron chi connectivity index (χ3n) is 3.49. The maximum Gasteiger partial charge on any atom is 0.319 e. The highest BCUT2D eigenvalue weighted by atomic mass is 16.3. The Bertz CT molecular complexity index is 872. The third kappa shape index (κ3) is 3.21. The number of nitrogens with zero attached hydrogens (tertiary/aromatic N) is 3. The normalized spacial score (nSPS) is 11.0. The monoisotopic (exact) mass is 325 g/mol. The molecule has 0 unspecified atom stereocenters. The first kappa shape index (κ1) is 15.9. The van der Waals surface area contributed by atoms with Gasteiger partial charge in [0.05, 0.1) is 18.0 Å². The van der Waals surface area contributed by atoms with E-state index in [0.717, 1.165) is 11.1 Å². The number of imidazole rings is 1. The van der Waals surface area contributed by atoms with Gasteiger partial charge in [-0.2, -0.15) is 5.10 Å². The molecule has 0 aliphatic heterocycles. The van der Waals surface area contributed by atoms with Gasteiger partial charge in [0, 0.05) is 24.0 Å². The van der Waals surface area contributed by atoms with Crippen LogP contribution in [0.2, 0.25) is 0 Å². The molecule has 0 radical (unpaired) electrons. The van der Waals surface area contributed by atoms with Crippen molar-refractivity contribution in [2.75, 3.05) is 5.32 Å². The molecule has 3 aromatic rings. The lowest BCUT2D eigenvalue weighted by molar-refractivity contribution is 0.250. The first-order chi connectivity index (χ1) is 11.6. The Morgan fingerprint density at radius 3 is 2.88 bits per heavy atom. The van der Waals surface area contributed by atoms with Gasteiger partial charge in [-0.05, 0) is 25.5 Å². The van der Waals surface area contributed by atoms with Crippen molar-refractivity contribution in [3.05, 3.63) is 48.3 Å². The second kappa shape index (κ2) is 6.67. The van der Waals surface area contributed by atoms with Crippen LogP contribution in [0.5, 0.6) is 0 Å². The minimum Gasteiger partial charge on any atom is -0.392 e. The van der Waals surface area contributed by atoms with Crippen molar-refractivity contribution in [1.29, 1.82) is 0 Å². The van der Waals surface area contributed by atoms with Gasteiger partial charge in [-0.25, -0.2) is 14.3 Å². The highest BCUT2D eigenvalue weighted by molar-refractivity contribution is 5.94. The van der Waals surface area contributed by atoms with Crippen LogP contribution >= 0.6 is 0 Å². The second-order valence-corrected chi connectivity index (χ2v) is 5.71. The summed E-state index contributed by atoms with van der Waals surface area (Å²) in [7, 11) is 0. The zero-order chi connectivity index (χ0) is 17.1. The molecule has 124 valence electrons. The highest BCUT2D eigenvalue weighted by Crippen LogP contribution is 2.26. The molecule has 0 saturated heterocycles. The van der Waals surface area contributed by atoms with Crippen molar-refractivity contribution in [1.82, 2.24) is 19.9 Å². The zero-order valence-corrected chi connectivity index (χ0v) is 13.5. The summed E-state index contributed by atoms with van der Waals surface area (Å²) in [6.45, 7) is 3.69. The number of aromatic nitrogens is 3. The number of benzene rings is 1. The number of carbonyl (C=O) groups is 1. The molecule has 2 amide bonds. The van der Waals surface area contributed by atoms with E-state index in [9.17, 15) is 9.90 Å². The molecule has 0 fully saturated rings. The summed E-state index contributed by atoms with van der Waals surface area (Å²) in [5.41, 5.74) is 3.32. The van der Waals surface area contributed by atoms with Gasteiger partial charge < -0.3 is 15.7 Å². The number of rotatable bonds is 4. The number of aliphatic hydroxyl groups excluding tert-OH is 1. The van der Waals surface area contributed by atoms with Crippen molar-refractivity contribution >= 4 is 17.4 Å². The smallest absolute Gasteiger partial charge is 0.319 e. The van der Waals surface area contributed by atoms with Crippen LogP contribution in [-0.2, 0) is 6.61 Å². The van der Waals surface area contributed by atoms with Gasteiger partial charge in [-0.1, -0.05) is 24.3 Å². The Morgan fingerprint density at radius 2 is 2.12 bits per heavy atom. The van der Waals surface area contributed by atoms with E-state index in [1.54, 1.807) is 23.0 Å². The van der Waals surface area contributed by atoms with Crippen LogP contribution in [0.3, 0.4) is 0 Å². The molecule has 3 N–H and O–H groups in total. The summed E-state index contributed by atoms with van der Waals surface area (Å²) in [6.07, 6.45) is 3.33. The minimum atomic E-state index is -0.303. The summed E-state index contributed by atoms with van der Waals surface area (Å²) in [6, 6.07) is 8.95. The molecule has 0 aliphatic rings. The summed E-state index contributed by atoms with van der Waals surface area (Å²) in [5.74, 6) is 0. The van der Waals surface area contributed by atoms with Crippen LogP contribution in [0.4, 0.5) is 10.5 Å². The largest absolute Gasteiger partial charge is 0.392 e. The van der Waals surface area contributed by atoms with Crippen LogP contribution in [0.1, 0.15) is 19.4 Å². The molecule has 2 aromatic heterocycles. The fraction of sp³-hybridized carbons (Fsp3) is 0.235. The van der Waals surface area contributed by atoms with Crippen molar-refractivity contribution in [3.63, 3.8) is 0 Å². The van der Waals surface area contributed by atoms with Crippen LogP contribution in [-0.4, -0.2) is 31.8 Å². The molecule has 7 nitrogen and oxygen atoms in total. The predicted octanol–water partition coefficient (Wildman–Crippen LogP) is 2.42. The maximum absolute atomic E-state index is 12.0. The molecular weight excluding hydrogens is 306 g/mol. The van der Waals surface area contributed by atoms with Gasteiger partial charge in [0.25, 0.3) is 0 Å². The van der Waals surface area contributed by atoms with E-state index in [4.69, 9.17) is 0 Å². The van der Waals surface area contributed by atoms with E-state index in [2.05, 4.69) is 20.7 Å². The van der Waals surface area contributed by atoms with Crippen LogP contribution < -0.4 is 10.6 Å². The number of carbonyl (C=O) groups excluding carboxylic acids is 1. The fourth-order valence-electron chi connectivity index (χ4n) is 2.47. The second-order valence-electron chi connectivity index (χ2n) is 5.71. The minimum absolute atomic E-state index is 0.0252. The molecule has 7 heteroatoms. The predicted molar refractivity (Wildman–Crippen MR) is 91.6 cm³/mol. The van der Waals surface area contributed by atoms with Gasteiger partial charge in [-0.3, -0.25) is 0 Å². The average Bonchev–Trinajstić information content (AvgIpc) is 3.02. The van der Waals surface area contributed by atoms with E-state index in [1.165, 1.54) is 0 Å². The topological polar surface area (TPSA) is 91.5 Å². The van der Waals surface area contributed by atoms with Gasteiger partial charge >= 0.3 is 6.03 Å². The third-order valence-corrected chi connectivity index (χ3v) is 3.49. The Labute approximate surface area is 139 Å². The molecule has 0 aliphatic carbocycles. The molecule has 1 aromatic carbocycles. The quantitative estimate of drug-likeness (QED) is 0.687. The highest BCUT2D eigenvalue weighted by Gasteiger charge is 2.13. The summed E-state index contributed by atoms with van der Waals surface area (Å²) >= 11 is 0. The van der Waals surface area contributed by atoms with Gasteiger partial charge in [0.1, 0.15) is 0 Å². The van der Waals surface area contributed by atoms with E-state index >= 15 is 0 Å². The number of aliphatic hydroxyl groups is 1. The van der Waals surface area contributed by atoms with Crippen LogP contribution in [0.15, 0.2) is 42.7 Å². The Morgan fingerprint density at radius 1 is 1.33 bits per heavy atom. The molecule has 24 heavy (non-hydrogen) atoms. The SMILES string of the molecule is CC(C)NC(=O)Nc1cc(-c2ccccc2CO)nn2ccnc12. The lowest BCUT2D eigenvalue weighted by Crippen LogP contribution is -2.34. The Hall–Kier alpha value is -2.93. The molecule has 0 bridgehead atoms. The molecular formula is C17H19N5O2. The zero-order valence-electron chi connectivity index (χ0n) is 13.5. The van der Waals surface area contributed by atoms with E-state index in [-0.39, 0.29) is 18.7 Å². The summed E-state index contributed by atoms with van der Waals surface area (Å²) < 4.78 is 1.61. The molecule has 0 spiro atoms. The van der Waals surface area contributed by atoms with E-state index in [0.29, 0.717) is 17.0 Å². The number of amides is 2. The number of urea groups is 1. The maximum atomic E-state index is 12.0. The van der Waals surface area contributed by atoms with Gasteiger partial charge in [-0.15, -0.1) is 0 Å². The van der Waals surface area contributed by atoms with E-state index in [1.807, 2.05) is 38.1 Å². The number of hydrogen-bond acceptors (Lipinski definition) is 4. The van der Waals surface area contributed by atoms with Crippen LogP contribution in [0.25, 0.3) is 16.9 Å². The molecule has 3 rings (SSSR count). The molecule has 0 atom stereocenters. The van der Waals surface area contributed by atoms with Gasteiger partial charge in [0.15, 0.2) is 5.65 Å². The first-order valence-electron chi connectivity index (χ1n) is 7.69. The van der Waals surface area contributed by atoms with E-state index < -0.39 is 0 Å². The van der Waals surface area contributed by atoms with Crippen molar-refractivity contribution in [2.24, 2.45) is 0 Å². The van der Waals surface area contributed by atoms with Crippen molar-refractivity contribution < 1.29 is 9.90 Å². The molecule has 2 heterocycles. The number of hydrogen-bond donors (Lipinski definition) is 3. The standard InChI is InChI=1S/C17H19N5O2/c1-11(2)19-17(24)20-15-9-14(21-22-8-7-18-16(15)22)13-6-4-3-5-12(13)10-23/h3-9,11,23H,10H2,1-2H3,(H2,19,20,24). The van der Waals surface area contributed by atoms with Gasteiger partial charge in [0.2, 0.25) is 0 Å². The lowest BCUT2D eigenvalue weighted by Gasteiger charge is -2.13. The summed E-state index contributed by atoms with van der Waals surface area (Å²) in [4.78, 5) is 16.3. The average molecular weight is 325 g/mol. The van der Waals surface area contributed by atoms with Crippen LogP contribution in [0, 0.1) is 0 Å². The first-order valence-corrected chi connectivity index (χ1v) is 7.69. The number of fused-ring (bicyclic) bond motifs is 1. The lowest BCUT2D eigenvalue weighted by atomic mass is 10.0. The Kier molecular flexibility index (Phi) is 4.43. The van der Waals surface area contributed by atoms with Crippen molar-refractivity contribution in [2.45, 2.75) is 26.5 Å². The number of nitrogens with one attached hydrogen (secondary N) is 2.